The maximum Gasteiger partial charge on any atom is 0.104 e. The molecule has 4 atom stereocenters. The summed E-state index contributed by atoms with van der Waals surface area (Å²) in [5.41, 5.74) is 7.98. The van der Waals surface area contributed by atoms with Gasteiger partial charge in [-0.2, -0.15) is 0 Å². The third-order valence-electron chi connectivity index (χ3n) is 3.78. The first kappa shape index (κ1) is 14.1. The van der Waals surface area contributed by atoms with Gasteiger partial charge in [-0.15, -0.1) is 0 Å². The highest BCUT2D eigenvalue weighted by molar-refractivity contribution is 5.60. The van der Waals surface area contributed by atoms with Gasteiger partial charge in [0.2, 0.25) is 0 Å². The molecule has 0 aromatic heterocycles. The van der Waals surface area contributed by atoms with Crippen LogP contribution in [0, 0.1) is 6.92 Å². The number of rotatable bonds is 3. The minimum atomic E-state index is -1.10. The Morgan fingerprint density at radius 2 is 1.63 bits per heavy atom. The number of aliphatic hydroxyl groups excluding tert-OH is 4. The van der Waals surface area contributed by atoms with Gasteiger partial charge < -0.3 is 31.1 Å². The molecule has 6 nitrogen and oxygen atoms in total. The molecule has 1 fully saturated rings. The van der Waals surface area contributed by atoms with Gasteiger partial charge >= 0.3 is 0 Å². The molecule has 2 rings (SSSR count). The second kappa shape index (κ2) is 5.34. The molecule has 19 heavy (non-hydrogen) atoms. The summed E-state index contributed by atoms with van der Waals surface area (Å²) in [5, 5.41) is 38.7. The van der Waals surface area contributed by atoms with E-state index in [0.717, 1.165) is 5.56 Å². The van der Waals surface area contributed by atoms with Crippen LogP contribution in [0.2, 0.25) is 0 Å². The van der Waals surface area contributed by atoms with Crippen LogP contribution in [0.5, 0.6) is 0 Å². The fraction of sp³-hybridized carbons (Fsp3) is 0.538. The quantitative estimate of drug-likeness (QED) is 0.442. The van der Waals surface area contributed by atoms with Crippen molar-refractivity contribution in [3.8, 4) is 0 Å². The molecule has 0 saturated carbocycles. The number of nitrogens with zero attached hydrogens (tertiary/aromatic N) is 1. The Bertz CT molecular complexity index is 438. The van der Waals surface area contributed by atoms with Gasteiger partial charge in [0.25, 0.3) is 0 Å². The molecule has 0 radical (unpaired) electrons. The van der Waals surface area contributed by atoms with Gasteiger partial charge in [-0.25, -0.2) is 0 Å². The van der Waals surface area contributed by atoms with Gasteiger partial charge in [-0.1, -0.05) is 0 Å². The van der Waals surface area contributed by atoms with E-state index in [9.17, 15) is 20.4 Å². The second-order valence-electron chi connectivity index (χ2n) is 4.93. The maximum atomic E-state index is 9.93. The van der Waals surface area contributed by atoms with Crippen molar-refractivity contribution in [1.82, 2.24) is 0 Å². The predicted molar refractivity (Wildman–Crippen MR) is 71.8 cm³/mol. The van der Waals surface area contributed by atoms with Crippen molar-refractivity contribution >= 4 is 11.4 Å². The van der Waals surface area contributed by atoms with Crippen LogP contribution >= 0.6 is 0 Å². The van der Waals surface area contributed by atoms with Crippen LogP contribution < -0.4 is 10.6 Å². The first-order valence-electron chi connectivity index (χ1n) is 6.23. The molecule has 1 heterocycles. The number of anilines is 2. The van der Waals surface area contributed by atoms with E-state index in [1.165, 1.54) is 0 Å². The van der Waals surface area contributed by atoms with Crippen LogP contribution in [-0.2, 0) is 0 Å². The average molecular weight is 268 g/mol. The number of nitrogens with two attached hydrogens (primary N) is 1. The zero-order chi connectivity index (χ0) is 14.2. The van der Waals surface area contributed by atoms with Crippen molar-refractivity contribution in [2.24, 2.45) is 0 Å². The van der Waals surface area contributed by atoms with E-state index < -0.39 is 24.3 Å². The molecule has 106 valence electrons. The lowest BCUT2D eigenvalue weighted by molar-refractivity contribution is 0.0130. The highest BCUT2D eigenvalue weighted by atomic mass is 16.3. The van der Waals surface area contributed by atoms with E-state index in [4.69, 9.17) is 5.73 Å². The molecule has 6 heteroatoms. The van der Waals surface area contributed by atoms with Crippen LogP contribution in [0.15, 0.2) is 18.2 Å². The van der Waals surface area contributed by atoms with E-state index >= 15 is 0 Å². The molecule has 4 unspecified atom stereocenters. The van der Waals surface area contributed by atoms with Crippen molar-refractivity contribution in [2.45, 2.75) is 31.2 Å². The highest BCUT2D eigenvalue weighted by Crippen LogP contribution is 2.32. The minimum Gasteiger partial charge on any atom is -0.399 e. The predicted octanol–water partition coefficient (Wildman–Crippen LogP) is -1.16. The lowest BCUT2D eigenvalue weighted by atomic mass is 10.1. The summed E-state index contributed by atoms with van der Waals surface area (Å²) < 4.78 is 0. The summed E-state index contributed by atoms with van der Waals surface area (Å²) in [7, 11) is 0. The largest absolute Gasteiger partial charge is 0.399 e. The molecule has 1 aliphatic heterocycles. The van der Waals surface area contributed by atoms with Crippen molar-refractivity contribution in [1.29, 1.82) is 0 Å². The van der Waals surface area contributed by atoms with Gasteiger partial charge in [0.15, 0.2) is 0 Å². The summed E-state index contributed by atoms with van der Waals surface area (Å²) >= 11 is 0. The Labute approximate surface area is 111 Å². The van der Waals surface area contributed by atoms with E-state index in [1.54, 1.807) is 17.0 Å². The van der Waals surface area contributed by atoms with Crippen LogP contribution in [0.25, 0.3) is 0 Å². The van der Waals surface area contributed by atoms with Crippen LogP contribution in [0.1, 0.15) is 5.56 Å². The number of nitrogen functional groups attached to an aromatic ring is 1. The number of hydrogen-bond donors (Lipinski definition) is 5. The highest BCUT2D eigenvalue weighted by Gasteiger charge is 2.47. The monoisotopic (exact) mass is 268 g/mol. The Balaban J connectivity index is 2.41. The van der Waals surface area contributed by atoms with E-state index in [0.29, 0.717) is 11.4 Å². The van der Waals surface area contributed by atoms with Gasteiger partial charge in [-0.3, -0.25) is 0 Å². The molecule has 1 saturated heterocycles. The molecule has 1 aliphatic rings. The molecule has 1 aromatic carbocycles. The van der Waals surface area contributed by atoms with Crippen molar-refractivity contribution in [3.63, 3.8) is 0 Å². The van der Waals surface area contributed by atoms with Crippen molar-refractivity contribution in [3.05, 3.63) is 23.8 Å². The maximum absolute atomic E-state index is 9.93. The van der Waals surface area contributed by atoms with E-state index in [-0.39, 0.29) is 13.2 Å². The number of benzene rings is 1. The summed E-state index contributed by atoms with van der Waals surface area (Å²) in [6.45, 7) is 1.24. The van der Waals surface area contributed by atoms with Gasteiger partial charge in [-0.05, 0) is 30.7 Å². The normalized spacial score (nSPS) is 30.9. The lowest BCUT2D eigenvalue weighted by Crippen LogP contribution is -2.43. The summed E-state index contributed by atoms with van der Waals surface area (Å²) in [4.78, 5) is 1.65. The summed E-state index contributed by atoms with van der Waals surface area (Å²) in [5.74, 6) is 0. The summed E-state index contributed by atoms with van der Waals surface area (Å²) in [6, 6.07) is 4.00. The minimum absolute atomic E-state index is 0.307. The number of aliphatic hydroxyl groups is 4. The molecule has 0 spiro atoms. The van der Waals surface area contributed by atoms with E-state index in [2.05, 4.69) is 0 Å². The average Bonchev–Trinajstić information content (AvgIpc) is 2.64. The Hall–Kier alpha value is -1.34. The summed E-state index contributed by atoms with van der Waals surface area (Å²) in [6.07, 6.45) is -2.19. The molecular weight excluding hydrogens is 248 g/mol. The van der Waals surface area contributed by atoms with Crippen LogP contribution in [0.3, 0.4) is 0 Å². The molecule has 0 aliphatic carbocycles. The standard InChI is InChI=1S/C13H20N2O4/c1-7-4-8(2-3-9(7)14)15-10(5-16)12(18)13(19)11(15)6-17/h2-4,10-13,16-19H,5-6,14H2,1H3. The van der Waals surface area contributed by atoms with Crippen LogP contribution in [-0.4, -0.2) is 57.9 Å². The fourth-order valence-corrected chi connectivity index (χ4v) is 2.63. The van der Waals surface area contributed by atoms with Crippen molar-refractivity contribution < 1.29 is 20.4 Å². The lowest BCUT2D eigenvalue weighted by Gasteiger charge is -2.31. The van der Waals surface area contributed by atoms with Crippen molar-refractivity contribution in [2.75, 3.05) is 23.8 Å². The first-order chi connectivity index (χ1) is 9.01. The van der Waals surface area contributed by atoms with E-state index in [1.807, 2.05) is 13.0 Å². The second-order valence-corrected chi connectivity index (χ2v) is 4.93. The van der Waals surface area contributed by atoms with Gasteiger partial charge in [0, 0.05) is 11.4 Å². The Kier molecular flexibility index (Phi) is 3.96. The fourth-order valence-electron chi connectivity index (χ4n) is 2.63. The SMILES string of the molecule is Cc1cc(N2C(CO)C(O)C(O)C2CO)ccc1N. The van der Waals surface area contributed by atoms with Gasteiger partial charge in [0.05, 0.1) is 25.3 Å². The molecular formula is C13H20N2O4. The number of hydrogen-bond acceptors (Lipinski definition) is 6. The smallest absolute Gasteiger partial charge is 0.104 e. The third-order valence-corrected chi connectivity index (χ3v) is 3.78. The topological polar surface area (TPSA) is 110 Å². The molecule has 0 amide bonds. The Morgan fingerprint density at radius 1 is 1.11 bits per heavy atom. The molecule has 0 bridgehead atoms. The number of aryl methyl sites for hydroxylation is 1. The third kappa shape index (κ3) is 2.28. The molecule has 1 aromatic rings. The molecule has 6 N–H and O–H groups in total. The Morgan fingerprint density at radius 3 is 2.05 bits per heavy atom. The first-order valence-corrected chi connectivity index (χ1v) is 6.23. The van der Waals surface area contributed by atoms with Crippen LogP contribution in [0.4, 0.5) is 11.4 Å². The zero-order valence-corrected chi connectivity index (χ0v) is 10.8. The van der Waals surface area contributed by atoms with Gasteiger partial charge in [0.1, 0.15) is 12.2 Å². The zero-order valence-electron chi connectivity index (χ0n) is 10.8.